The quantitative estimate of drug-likeness (QED) is 0.853. The molecule has 1 amide bonds. The highest BCUT2D eigenvalue weighted by Crippen LogP contribution is 2.33. The van der Waals surface area contributed by atoms with Gasteiger partial charge in [-0.05, 0) is 49.7 Å². The first-order valence-corrected chi connectivity index (χ1v) is 6.98. The van der Waals surface area contributed by atoms with Crippen molar-refractivity contribution in [3.63, 3.8) is 0 Å². The Hall–Kier alpha value is -1.39. The summed E-state index contributed by atoms with van der Waals surface area (Å²) in [6.45, 7) is 2.18. The summed E-state index contributed by atoms with van der Waals surface area (Å²) in [6.07, 6.45) is 1.75. The molecule has 1 fully saturated rings. The van der Waals surface area contributed by atoms with E-state index in [1.54, 1.807) is 4.90 Å². The lowest BCUT2D eigenvalue weighted by atomic mass is 9.91. The van der Waals surface area contributed by atoms with Crippen LogP contribution in [-0.4, -0.2) is 33.1 Å². The van der Waals surface area contributed by atoms with Crippen LogP contribution >= 0.6 is 0 Å². The predicted octanol–water partition coefficient (Wildman–Crippen LogP) is 1.08. The molecule has 102 valence electrons. The van der Waals surface area contributed by atoms with Gasteiger partial charge >= 0.3 is 0 Å². The number of carbonyl (C=O) groups excluding carboxylic acids is 1. The summed E-state index contributed by atoms with van der Waals surface area (Å²) in [4.78, 5) is 13.5. The van der Waals surface area contributed by atoms with Crippen molar-refractivity contribution in [1.29, 1.82) is 0 Å². The molecule has 0 radical (unpaired) electrons. The Kier molecular flexibility index (Phi) is 3.29. The topological polar surface area (TPSA) is 44.4 Å². The maximum atomic E-state index is 11.7. The fourth-order valence-corrected chi connectivity index (χ4v) is 3.32. The monoisotopic (exact) mass is 259 g/mol. The van der Waals surface area contributed by atoms with Gasteiger partial charge in [0.2, 0.25) is 5.91 Å². The Balaban J connectivity index is 1.89. The number of likely N-dealkylation sites (N-methyl/N-ethyl adjacent to an activating group) is 1. The molecule has 2 N–H and O–H groups in total. The molecule has 1 aromatic rings. The molecule has 2 aliphatic heterocycles. The molecule has 0 bridgehead atoms. The standard InChI is InChI=1S/C15H21N3O/c1-16-15(11-5-6-17-9-11)10-3-4-13-12(7-10)8-14(19)18(13)2/h3-4,7,11,15-17H,5-6,8-9H2,1-2H3. The fourth-order valence-electron chi connectivity index (χ4n) is 3.32. The van der Waals surface area contributed by atoms with Gasteiger partial charge in [0.05, 0.1) is 6.42 Å². The van der Waals surface area contributed by atoms with Gasteiger partial charge in [0, 0.05) is 18.8 Å². The second-order valence-corrected chi connectivity index (χ2v) is 5.54. The lowest BCUT2D eigenvalue weighted by molar-refractivity contribution is -0.117. The highest BCUT2D eigenvalue weighted by Gasteiger charge is 2.28. The van der Waals surface area contributed by atoms with Gasteiger partial charge in [0.15, 0.2) is 0 Å². The summed E-state index contributed by atoms with van der Waals surface area (Å²) in [5, 5.41) is 6.86. The SMILES string of the molecule is CNC(c1ccc2c(c1)CC(=O)N2C)C1CCNC1. The van der Waals surface area contributed by atoms with E-state index < -0.39 is 0 Å². The Morgan fingerprint density at radius 3 is 3.00 bits per heavy atom. The maximum absolute atomic E-state index is 11.7. The molecule has 2 aliphatic rings. The molecule has 4 heteroatoms. The van der Waals surface area contributed by atoms with Crippen LogP contribution in [0.4, 0.5) is 5.69 Å². The summed E-state index contributed by atoms with van der Waals surface area (Å²) in [6, 6.07) is 6.83. The number of carbonyl (C=O) groups is 1. The average Bonchev–Trinajstić information content (AvgIpc) is 3.01. The van der Waals surface area contributed by atoms with Crippen molar-refractivity contribution >= 4 is 11.6 Å². The first-order valence-electron chi connectivity index (χ1n) is 6.98. The molecule has 0 aromatic heterocycles. The van der Waals surface area contributed by atoms with Gasteiger partial charge in [-0.1, -0.05) is 12.1 Å². The van der Waals surface area contributed by atoms with Crippen LogP contribution < -0.4 is 15.5 Å². The normalized spacial score (nSPS) is 23.8. The lowest BCUT2D eigenvalue weighted by Gasteiger charge is -2.23. The molecule has 2 heterocycles. The molecule has 1 aromatic carbocycles. The van der Waals surface area contributed by atoms with Crippen molar-refractivity contribution in [3.8, 4) is 0 Å². The van der Waals surface area contributed by atoms with Crippen molar-refractivity contribution in [2.45, 2.75) is 18.9 Å². The maximum Gasteiger partial charge on any atom is 0.231 e. The first kappa shape index (κ1) is 12.6. The van der Waals surface area contributed by atoms with Crippen molar-refractivity contribution in [2.24, 2.45) is 5.92 Å². The Morgan fingerprint density at radius 1 is 1.47 bits per heavy atom. The number of nitrogens with zero attached hydrogens (tertiary/aromatic N) is 1. The van der Waals surface area contributed by atoms with Crippen LogP contribution in [0.15, 0.2) is 18.2 Å². The van der Waals surface area contributed by atoms with E-state index in [9.17, 15) is 4.79 Å². The third-order valence-corrected chi connectivity index (χ3v) is 4.42. The third kappa shape index (κ3) is 2.15. The van der Waals surface area contributed by atoms with Gasteiger partial charge in [-0.25, -0.2) is 0 Å². The van der Waals surface area contributed by atoms with Gasteiger partial charge in [-0.3, -0.25) is 4.79 Å². The summed E-state index contributed by atoms with van der Waals surface area (Å²) in [5.74, 6) is 0.827. The fraction of sp³-hybridized carbons (Fsp3) is 0.533. The zero-order valence-corrected chi connectivity index (χ0v) is 11.6. The molecule has 2 atom stereocenters. The third-order valence-electron chi connectivity index (χ3n) is 4.42. The molecule has 19 heavy (non-hydrogen) atoms. The minimum atomic E-state index is 0.190. The van der Waals surface area contributed by atoms with Crippen LogP contribution in [0.1, 0.15) is 23.6 Å². The van der Waals surface area contributed by atoms with Crippen molar-refractivity contribution in [2.75, 3.05) is 32.1 Å². The van der Waals surface area contributed by atoms with Gasteiger partial charge in [0.1, 0.15) is 0 Å². The summed E-state index contributed by atoms with van der Waals surface area (Å²) >= 11 is 0. The second kappa shape index (κ2) is 4.94. The number of rotatable bonds is 3. The van der Waals surface area contributed by atoms with Gasteiger partial charge < -0.3 is 15.5 Å². The van der Waals surface area contributed by atoms with Crippen molar-refractivity contribution in [3.05, 3.63) is 29.3 Å². The highest BCUT2D eigenvalue weighted by atomic mass is 16.2. The minimum Gasteiger partial charge on any atom is -0.316 e. The molecule has 0 aliphatic carbocycles. The van der Waals surface area contributed by atoms with E-state index in [0.717, 1.165) is 24.3 Å². The van der Waals surface area contributed by atoms with Crippen LogP contribution in [0.25, 0.3) is 0 Å². The Morgan fingerprint density at radius 2 is 2.32 bits per heavy atom. The summed E-state index contributed by atoms with van der Waals surface area (Å²) in [7, 11) is 3.87. The minimum absolute atomic E-state index is 0.190. The van der Waals surface area contributed by atoms with Crippen molar-refractivity contribution < 1.29 is 4.79 Å². The van der Waals surface area contributed by atoms with Crippen LogP contribution in [0, 0.1) is 5.92 Å². The molecule has 2 unspecified atom stereocenters. The molecule has 3 rings (SSSR count). The number of fused-ring (bicyclic) bond motifs is 1. The molecule has 1 saturated heterocycles. The van der Waals surface area contributed by atoms with E-state index in [1.807, 2.05) is 14.1 Å². The lowest BCUT2D eigenvalue weighted by Crippen LogP contribution is -2.27. The van der Waals surface area contributed by atoms with Crippen LogP contribution in [0.2, 0.25) is 0 Å². The summed E-state index contributed by atoms with van der Waals surface area (Å²) < 4.78 is 0. The Bertz CT molecular complexity index is 494. The van der Waals surface area contributed by atoms with Crippen LogP contribution in [0.5, 0.6) is 0 Å². The van der Waals surface area contributed by atoms with Gasteiger partial charge in [-0.2, -0.15) is 0 Å². The van der Waals surface area contributed by atoms with Gasteiger partial charge in [-0.15, -0.1) is 0 Å². The van der Waals surface area contributed by atoms with E-state index in [1.165, 1.54) is 12.0 Å². The molecule has 4 nitrogen and oxygen atoms in total. The van der Waals surface area contributed by atoms with E-state index in [2.05, 4.69) is 28.8 Å². The number of amides is 1. The largest absolute Gasteiger partial charge is 0.316 e. The predicted molar refractivity (Wildman–Crippen MR) is 76.3 cm³/mol. The van der Waals surface area contributed by atoms with Crippen molar-refractivity contribution in [1.82, 2.24) is 10.6 Å². The Labute approximate surface area is 114 Å². The highest BCUT2D eigenvalue weighted by molar-refractivity contribution is 6.00. The zero-order chi connectivity index (χ0) is 13.4. The smallest absolute Gasteiger partial charge is 0.231 e. The van der Waals surface area contributed by atoms with Crippen LogP contribution in [0.3, 0.4) is 0 Å². The van der Waals surface area contributed by atoms with Crippen LogP contribution in [-0.2, 0) is 11.2 Å². The number of nitrogens with one attached hydrogen (secondary N) is 2. The number of benzene rings is 1. The molecule has 0 spiro atoms. The summed E-state index contributed by atoms with van der Waals surface area (Å²) in [5.41, 5.74) is 3.53. The zero-order valence-electron chi connectivity index (χ0n) is 11.6. The van der Waals surface area contributed by atoms with E-state index in [-0.39, 0.29) is 5.91 Å². The molecular weight excluding hydrogens is 238 g/mol. The number of hydrogen-bond acceptors (Lipinski definition) is 3. The van der Waals surface area contributed by atoms with Gasteiger partial charge in [0.25, 0.3) is 0 Å². The number of hydrogen-bond donors (Lipinski definition) is 2. The first-order chi connectivity index (χ1) is 9.20. The average molecular weight is 259 g/mol. The van der Waals surface area contributed by atoms with E-state index in [4.69, 9.17) is 0 Å². The second-order valence-electron chi connectivity index (χ2n) is 5.54. The van der Waals surface area contributed by atoms with E-state index in [0.29, 0.717) is 18.4 Å². The molecular formula is C15H21N3O. The van der Waals surface area contributed by atoms with E-state index >= 15 is 0 Å². The molecule has 0 saturated carbocycles. The number of anilines is 1.